The highest BCUT2D eigenvalue weighted by molar-refractivity contribution is 7.80. The van der Waals surface area contributed by atoms with Crippen LogP contribution in [0, 0.1) is 17.8 Å². The van der Waals surface area contributed by atoms with Crippen LogP contribution in [0.5, 0.6) is 0 Å². The second-order valence-electron chi connectivity index (χ2n) is 5.87. The fourth-order valence-electron chi connectivity index (χ4n) is 2.18. The number of thiocarbonyl (C=S) groups is 1. The summed E-state index contributed by atoms with van der Waals surface area (Å²) in [4.78, 5) is 0. The zero-order chi connectivity index (χ0) is 17.7. The van der Waals surface area contributed by atoms with Crippen molar-refractivity contribution in [3.8, 4) is 0 Å². The third-order valence-electron chi connectivity index (χ3n) is 3.25. The van der Waals surface area contributed by atoms with Crippen molar-refractivity contribution in [2.45, 2.75) is 54.4 Å². The Bertz CT molecular complexity index is 448. The van der Waals surface area contributed by atoms with Gasteiger partial charge in [0.1, 0.15) is 0 Å². The predicted molar refractivity (Wildman–Crippen MR) is 107 cm³/mol. The molecule has 1 rings (SSSR count). The Morgan fingerprint density at radius 1 is 1.35 bits per heavy atom. The minimum Gasteiger partial charge on any atom is -0.332 e. The zero-order valence-corrected chi connectivity index (χ0v) is 16.3. The molecular formula is C19H33N3S. The first kappa shape index (κ1) is 21.6. The Labute approximate surface area is 148 Å². The SMILES string of the molecule is CC.CCC(/C=N/NC(=S)NC1=CC(C)C=CC=C1)CC(C)C. The summed E-state index contributed by atoms with van der Waals surface area (Å²) in [5.41, 5.74) is 3.89. The van der Waals surface area contributed by atoms with Crippen LogP contribution in [0.15, 0.2) is 41.2 Å². The molecule has 0 aromatic carbocycles. The van der Waals surface area contributed by atoms with Gasteiger partial charge >= 0.3 is 0 Å². The standard InChI is InChI=1S/C17H27N3S.C2H6/c1-5-15(10-13(2)3)12-18-20-17(21)19-16-9-7-6-8-14(4)11-16;1-2/h6-9,11-15H,5,10H2,1-4H3,(H2,19,20,21);1-2H3/b18-12+;. The third kappa shape index (κ3) is 10.9. The maximum atomic E-state index is 5.26. The number of hydrogen-bond donors (Lipinski definition) is 2. The van der Waals surface area contributed by atoms with Crippen LogP contribution in [0.25, 0.3) is 0 Å². The number of nitrogens with one attached hydrogen (secondary N) is 2. The lowest BCUT2D eigenvalue weighted by molar-refractivity contribution is 0.491. The molecule has 2 unspecified atom stereocenters. The minimum atomic E-state index is 0.393. The van der Waals surface area contributed by atoms with Crippen LogP contribution in [-0.2, 0) is 0 Å². The Kier molecular flexibility index (Phi) is 12.3. The molecule has 0 spiro atoms. The van der Waals surface area contributed by atoms with E-state index in [-0.39, 0.29) is 0 Å². The molecule has 0 fully saturated rings. The van der Waals surface area contributed by atoms with Crippen molar-refractivity contribution < 1.29 is 0 Å². The molecule has 0 heterocycles. The number of hydrazone groups is 1. The van der Waals surface area contributed by atoms with Crippen LogP contribution in [0.1, 0.15) is 54.4 Å². The second-order valence-corrected chi connectivity index (χ2v) is 6.28. The van der Waals surface area contributed by atoms with Crippen molar-refractivity contribution in [2.24, 2.45) is 22.9 Å². The van der Waals surface area contributed by atoms with Crippen LogP contribution in [0.3, 0.4) is 0 Å². The quantitative estimate of drug-likeness (QED) is 0.399. The zero-order valence-electron chi connectivity index (χ0n) is 15.5. The smallest absolute Gasteiger partial charge is 0.191 e. The van der Waals surface area contributed by atoms with Crippen LogP contribution >= 0.6 is 12.2 Å². The van der Waals surface area contributed by atoms with E-state index >= 15 is 0 Å². The first-order valence-corrected chi connectivity index (χ1v) is 9.09. The van der Waals surface area contributed by atoms with Crippen molar-refractivity contribution in [1.29, 1.82) is 0 Å². The maximum Gasteiger partial charge on any atom is 0.191 e. The summed E-state index contributed by atoms with van der Waals surface area (Å²) in [5, 5.41) is 7.94. The van der Waals surface area contributed by atoms with Gasteiger partial charge in [0.25, 0.3) is 0 Å². The van der Waals surface area contributed by atoms with Crippen molar-refractivity contribution in [3.05, 3.63) is 36.1 Å². The van der Waals surface area contributed by atoms with Gasteiger partial charge < -0.3 is 5.32 Å². The van der Waals surface area contributed by atoms with Crippen molar-refractivity contribution >= 4 is 23.5 Å². The van der Waals surface area contributed by atoms with Gasteiger partial charge in [0, 0.05) is 11.9 Å². The van der Waals surface area contributed by atoms with Gasteiger partial charge in [-0.05, 0) is 48.9 Å². The van der Waals surface area contributed by atoms with Gasteiger partial charge in [-0.25, -0.2) is 0 Å². The van der Waals surface area contributed by atoms with E-state index in [1.165, 1.54) is 0 Å². The maximum absolute atomic E-state index is 5.26. The van der Waals surface area contributed by atoms with Gasteiger partial charge in [0.2, 0.25) is 0 Å². The molecule has 0 aromatic rings. The third-order valence-corrected chi connectivity index (χ3v) is 3.45. The average Bonchev–Trinajstić information content (AvgIpc) is 2.71. The highest BCUT2D eigenvalue weighted by Crippen LogP contribution is 2.12. The van der Waals surface area contributed by atoms with E-state index in [9.17, 15) is 0 Å². The van der Waals surface area contributed by atoms with E-state index in [4.69, 9.17) is 12.2 Å². The Morgan fingerprint density at radius 3 is 2.65 bits per heavy atom. The molecule has 23 heavy (non-hydrogen) atoms. The molecule has 3 nitrogen and oxygen atoms in total. The molecule has 0 bridgehead atoms. The lowest BCUT2D eigenvalue weighted by Gasteiger charge is -2.12. The number of rotatable bonds is 6. The van der Waals surface area contributed by atoms with Crippen LogP contribution in [-0.4, -0.2) is 11.3 Å². The molecule has 2 N–H and O–H groups in total. The Balaban J connectivity index is 0.00000232. The summed E-state index contributed by atoms with van der Waals surface area (Å²) in [6, 6.07) is 0. The fraction of sp³-hybridized carbons (Fsp3) is 0.579. The summed E-state index contributed by atoms with van der Waals surface area (Å²) in [7, 11) is 0. The predicted octanol–water partition coefficient (Wildman–Crippen LogP) is 5.18. The number of nitrogens with zero attached hydrogens (tertiary/aromatic N) is 1. The highest BCUT2D eigenvalue weighted by Gasteiger charge is 2.06. The Morgan fingerprint density at radius 2 is 2.04 bits per heavy atom. The van der Waals surface area contributed by atoms with Gasteiger partial charge in [-0.1, -0.05) is 65.8 Å². The van der Waals surface area contributed by atoms with Gasteiger partial charge in [0.05, 0.1) is 0 Å². The van der Waals surface area contributed by atoms with E-state index in [1.807, 2.05) is 38.3 Å². The molecule has 0 saturated carbocycles. The lowest BCUT2D eigenvalue weighted by atomic mass is 9.96. The summed E-state index contributed by atoms with van der Waals surface area (Å²) in [6.45, 7) is 12.8. The van der Waals surface area contributed by atoms with Gasteiger partial charge in [-0.15, -0.1) is 0 Å². The number of hydrogen-bond acceptors (Lipinski definition) is 2. The summed E-state index contributed by atoms with van der Waals surface area (Å²) in [5.74, 6) is 1.58. The van der Waals surface area contributed by atoms with E-state index in [0.29, 0.717) is 22.9 Å². The number of allylic oxidation sites excluding steroid dienone is 5. The average molecular weight is 336 g/mol. The van der Waals surface area contributed by atoms with Crippen molar-refractivity contribution in [3.63, 3.8) is 0 Å². The van der Waals surface area contributed by atoms with Crippen LogP contribution < -0.4 is 10.7 Å². The van der Waals surface area contributed by atoms with E-state index < -0.39 is 0 Å². The first-order chi connectivity index (χ1) is 11.0. The molecule has 1 aliphatic carbocycles. The molecule has 1 aliphatic rings. The first-order valence-electron chi connectivity index (χ1n) is 8.68. The fourth-order valence-corrected chi connectivity index (χ4v) is 2.35. The van der Waals surface area contributed by atoms with E-state index in [1.54, 1.807) is 0 Å². The topological polar surface area (TPSA) is 36.4 Å². The molecule has 2 atom stereocenters. The molecular weight excluding hydrogens is 302 g/mol. The van der Waals surface area contributed by atoms with E-state index in [0.717, 1.165) is 18.5 Å². The molecule has 4 heteroatoms. The van der Waals surface area contributed by atoms with Crippen LogP contribution in [0.2, 0.25) is 0 Å². The van der Waals surface area contributed by atoms with Gasteiger partial charge in [-0.3, -0.25) is 5.43 Å². The summed E-state index contributed by atoms with van der Waals surface area (Å²) >= 11 is 5.26. The normalized spacial score (nSPS) is 18.0. The lowest BCUT2D eigenvalue weighted by Crippen LogP contribution is -2.31. The molecule has 130 valence electrons. The minimum absolute atomic E-state index is 0.393. The van der Waals surface area contributed by atoms with Crippen molar-refractivity contribution in [2.75, 3.05) is 0 Å². The summed E-state index contributed by atoms with van der Waals surface area (Å²) in [6.07, 6.45) is 14.5. The molecule has 0 aliphatic heterocycles. The van der Waals surface area contributed by atoms with Crippen molar-refractivity contribution in [1.82, 2.24) is 10.7 Å². The molecule has 0 amide bonds. The van der Waals surface area contributed by atoms with Gasteiger partial charge in [-0.2, -0.15) is 5.10 Å². The van der Waals surface area contributed by atoms with E-state index in [2.05, 4.69) is 55.7 Å². The highest BCUT2D eigenvalue weighted by atomic mass is 32.1. The largest absolute Gasteiger partial charge is 0.332 e. The summed E-state index contributed by atoms with van der Waals surface area (Å²) < 4.78 is 0. The molecule has 0 aromatic heterocycles. The monoisotopic (exact) mass is 335 g/mol. The second kappa shape index (κ2) is 13.1. The molecule has 0 radical (unpaired) electrons. The van der Waals surface area contributed by atoms with Crippen LogP contribution in [0.4, 0.5) is 0 Å². The van der Waals surface area contributed by atoms with Gasteiger partial charge in [0.15, 0.2) is 5.11 Å². The molecule has 0 saturated heterocycles. The Hall–Kier alpha value is -1.42.